The third-order valence-electron chi connectivity index (χ3n) is 6.01. The molecule has 0 bridgehead atoms. The maximum absolute atomic E-state index is 13.3. The quantitative estimate of drug-likeness (QED) is 0.218. The first kappa shape index (κ1) is 23.8. The molecular weight excluding hydrogens is 472 g/mol. The van der Waals surface area contributed by atoms with E-state index in [0.717, 1.165) is 42.5 Å². The molecule has 2 aromatic heterocycles. The van der Waals surface area contributed by atoms with Crippen LogP contribution in [0.3, 0.4) is 0 Å². The maximum atomic E-state index is 13.3. The molecule has 5 rings (SSSR count). The van der Waals surface area contributed by atoms with Crippen molar-refractivity contribution >= 4 is 40.1 Å². The van der Waals surface area contributed by atoms with Gasteiger partial charge < -0.3 is 14.5 Å². The van der Waals surface area contributed by atoms with Gasteiger partial charge in [-0.2, -0.15) is 0 Å². The van der Waals surface area contributed by atoms with Crippen LogP contribution >= 0.6 is 11.3 Å². The Morgan fingerprint density at radius 3 is 2.72 bits per heavy atom. The average Bonchev–Trinajstić information content (AvgIpc) is 3.53. The Morgan fingerprint density at radius 1 is 1.06 bits per heavy atom. The average molecular weight is 499 g/mol. The van der Waals surface area contributed by atoms with Crippen LogP contribution in [0, 0.1) is 0 Å². The van der Waals surface area contributed by atoms with Crippen molar-refractivity contribution < 1.29 is 18.7 Å². The number of esters is 1. The van der Waals surface area contributed by atoms with E-state index in [-0.39, 0.29) is 11.9 Å². The maximum Gasteiger partial charge on any atom is 0.338 e. The number of benzene rings is 2. The number of hydrogen-bond acceptors (Lipinski definition) is 6. The number of fused-ring (bicyclic) bond motifs is 1. The van der Waals surface area contributed by atoms with Gasteiger partial charge in [0.2, 0.25) is 0 Å². The molecule has 182 valence electrons. The van der Waals surface area contributed by atoms with Gasteiger partial charge in [0.05, 0.1) is 23.9 Å². The fourth-order valence-corrected chi connectivity index (χ4v) is 5.54. The van der Waals surface area contributed by atoms with E-state index >= 15 is 0 Å². The van der Waals surface area contributed by atoms with Gasteiger partial charge in [-0.1, -0.05) is 30.3 Å². The number of aryl methyl sites for hydroxylation is 1. The Balaban J connectivity index is 1.40. The van der Waals surface area contributed by atoms with E-state index in [1.54, 1.807) is 42.7 Å². The molecular formula is C29H26N2O4S. The molecule has 0 radical (unpaired) electrons. The number of hydrogen-bond donors (Lipinski definition) is 1. The largest absolute Gasteiger partial charge is 0.462 e. The molecule has 0 saturated carbocycles. The molecule has 2 aromatic carbocycles. The molecule has 36 heavy (non-hydrogen) atoms. The molecule has 0 unspecified atom stereocenters. The highest BCUT2D eigenvalue weighted by Gasteiger charge is 2.25. The normalized spacial score (nSPS) is 12.9. The van der Waals surface area contributed by atoms with Crippen LogP contribution in [0.2, 0.25) is 0 Å². The predicted molar refractivity (Wildman–Crippen MR) is 143 cm³/mol. The van der Waals surface area contributed by atoms with Crippen LogP contribution in [-0.2, 0) is 17.6 Å². The number of ether oxygens (including phenoxy) is 1. The number of thiophene rings is 1. The van der Waals surface area contributed by atoms with Crippen LogP contribution in [0.1, 0.15) is 56.7 Å². The van der Waals surface area contributed by atoms with Gasteiger partial charge in [-0.3, -0.25) is 4.79 Å². The fourth-order valence-electron chi connectivity index (χ4n) is 4.31. The van der Waals surface area contributed by atoms with Crippen LogP contribution < -0.4 is 5.32 Å². The molecule has 0 saturated heterocycles. The smallest absolute Gasteiger partial charge is 0.338 e. The Morgan fingerprint density at radius 2 is 1.89 bits per heavy atom. The molecule has 0 fully saturated rings. The number of aliphatic imine (C=N–C) groups is 1. The zero-order valence-electron chi connectivity index (χ0n) is 20.0. The molecule has 7 heteroatoms. The number of rotatable bonds is 7. The summed E-state index contributed by atoms with van der Waals surface area (Å²) in [5.41, 5.74) is 3.77. The van der Waals surface area contributed by atoms with Crippen LogP contribution in [-0.4, -0.2) is 24.7 Å². The van der Waals surface area contributed by atoms with Gasteiger partial charge in [0, 0.05) is 16.1 Å². The number of nitrogens with zero attached hydrogens (tertiary/aromatic N) is 1. The number of carbonyl (C=O) groups excluding carboxylic acids is 2. The van der Waals surface area contributed by atoms with Crippen molar-refractivity contribution in [2.75, 3.05) is 11.9 Å². The lowest BCUT2D eigenvalue weighted by molar-refractivity contribution is 0.0526. The van der Waals surface area contributed by atoms with Crippen molar-refractivity contribution in [3.05, 3.63) is 94.1 Å². The second kappa shape index (κ2) is 10.7. The van der Waals surface area contributed by atoms with Crippen LogP contribution in [0.4, 0.5) is 10.7 Å². The first-order chi connectivity index (χ1) is 17.6. The topological polar surface area (TPSA) is 80.9 Å². The van der Waals surface area contributed by atoms with Crippen molar-refractivity contribution in [3.63, 3.8) is 0 Å². The molecule has 1 N–H and O–H groups in total. The SMILES string of the molecule is CCOC(=O)c1cccc(-c2ccc(/C=N\c3sc4c(c3C(=O)Nc3ccccc3)CCCC4)o2)c1. The summed E-state index contributed by atoms with van der Waals surface area (Å²) in [7, 11) is 0. The van der Waals surface area contributed by atoms with Gasteiger partial charge >= 0.3 is 5.97 Å². The number of carbonyl (C=O) groups is 2. The zero-order chi connectivity index (χ0) is 24.9. The Bertz CT molecular complexity index is 1420. The summed E-state index contributed by atoms with van der Waals surface area (Å²) in [6.45, 7) is 2.10. The third kappa shape index (κ3) is 5.16. The minimum atomic E-state index is -0.365. The van der Waals surface area contributed by atoms with Gasteiger partial charge in [-0.25, -0.2) is 9.79 Å². The summed E-state index contributed by atoms with van der Waals surface area (Å²) in [5, 5.41) is 3.71. The molecule has 1 amide bonds. The molecule has 2 heterocycles. The van der Waals surface area contributed by atoms with E-state index < -0.39 is 0 Å². The Hall–Kier alpha value is -3.97. The van der Waals surface area contributed by atoms with Crippen molar-refractivity contribution in [3.8, 4) is 11.3 Å². The van der Waals surface area contributed by atoms with Gasteiger partial charge in [-0.15, -0.1) is 11.3 Å². The van der Waals surface area contributed by atoms with E-state index in [2.05, 4.69) is 10.3 Å². The highest BCUT2D eigenvalue weighted by molar-refractivity contribution is 7.16. The Kier molecular flexibility index (Phi) is 7.09. The van der Waals surface area contributed by atoms with Gasteiger partial charge in [0.1, 0.15) is 16.5 Å². The lowest BCUT2D eigenvalue weighted by Gasteiger charge is -2.12. The molecule has 0 aliphatic heterocycles. The summed E-state index contributed by atoms with van der Waals surface area (Å²) in [6.07, 6.45) is 5.71. The van der Waals surface area contributed by atoms with Crippen molar-refractivity contribution in [1.29, 1.82) is 0 Å². The first-order valence-electron chi connectivity index (χ1n) is 12.0. The van der Waals surface area contributed by atoms with Crippen LogP contribution in [0.5, 0.6) is 0 Å². The number of nitrogens with one attached hydrogen (secondary N) is 1. The highest BCUT2D eigenvalue weighted by atomic mass is 32.1. The number of amides is 1. The van der Waals surface area contributed by atoms with Gasteiger partial charge in [-0.05, 0) is 74.6 Å². The van der Waals surface area contributed by atoms with E-state index in [4.69, 9.17) is 9.15 Å². The zero-order valence-corrected chi connectivity index (χ0v) is 20.8. The van der Waals surface area contributed by atoms with Gasteiger partial charge in [0.25, 0.3) is 5.91 Å². The standard InChI is InChI=1S/C29H26N2O4S/c1-2-34-29(33)20-10-8-9-19(17-20)24-16-15-22(35-24)18-30-28-26(23-13-6-7-14-25(23)36-28)27(32)31-21-11-4-3-5-12-21/h3-5,8-12,15-18H,2,6-7,13-14H2,1H3,(H,31,32)/b30-18-. The molecule has 6 nitrogen and oxygen atoms in total. The second-order valence-corrected chi connectivity index (χ2v) is 9.56. The monoisotopic (exact) mass is 498 g/mol. The lowest BCUT2D eigenvalue weighted by Crippen LogP contribution is -2.14. The highest BCUT2D eigenvalue weighted by Crippen LogP contribution is 2.40. The van der Waals surface area contributed by atoms with Crippen molar-refractivity contribution in [2.45, 2.75) is 32.6 Å². The Labute approximate surface area is 213 Å². The number of anilines is 1. The van der Waals surface area contributed by atoms with E-state index in [0.29, 0.717) is 34.3 Å². The summed E-state index contributed by atoms with van der Waals surface area (Å²) >= 11 is 1.58. The van der Waals surface area contributed by atoms with E-state index in [1.807, 2.05) is 48.5 Å². The summed E-state index contributed by atoms with van der Waals surface area (Å²) in [4.78, 5) is 31.3. The van der Waals surface area contributed by atoms with Crippen LogP contribution in [0.25, 0.3) is 11.3 Å². The second-order valence-electron chi connectivity index (χ2n) is 8.47. The summed E-state index contributed by atoms with van der Waals surface area (Å²) in [5.74, 6) is 0.682. The number of furan rings is 1. The number of para-hydroxylation sites is 1. The minimum absolute atomic E-state index is 0.135. The lowest BCUT2D eigenvalue weighted by atomic mass is 9.95. The fraction of sp³-hybridized carbons (Fsp3) is 0.207. The summed E-state index contributed by atoms with van der Waals surface area (Å²) in [6, 6.07) is 20.3. The van der Waals surface area contributed by atoms with Crippen molar-refractivity contribution in [2.24, 2.45) is 4.99 Å². The van der Waals surface area contributed by atoms with Gasteiger partial charge in [0.15, 0.2) is 0 Å². The third-order valence-corrected chi connectivity index (χ3v) is 7.21. The van der Waals surface area contributed by atoms with Crippen molar-refractivity contribution in [1.82, 2.24) is 0 Å². The van der Waals surface area contributed by atoms with E-state index in [1.165, 1.54) is 4.88 Å². The summed E-state index contributed by atoms with van der Waals surface area (Å²) < 4.78 is 11.1. The molecule has 0 atom stereocenters. The van der Waals surface area contributed by atoms with Crippen LogP contribution in [0.15, 0.2) is 76.1 Å². The molecule has 1 aliphatic rings. The van der Waals surface area contributed by atoms with E-state index in [9.17, 15) is 9.59 Å². The molecule has 0 spiro atoms. The minimum Gasteiger partial charge on any atom is -0.462 e. The molecule has 4 aromatic rings. The predicted octanol–water partition coefficient (Wildman–Crippen LogP) is 7.07. The molecule has 1 aliphatic carbocycles. The first-order valence-corrected chi connectivity index (χ1v) is 12.9.